The Balaban J connectivity index is 2.01. The maximum absolute atomic E-state index is 5.82. The second-order valence-electron chi connectivity index (χ2n) is 4.56. The number of nitrogens with zero attached hydrogens (tertiary/aromatic N) is 3. The summed E-state index contributed by atoms with van der Waals surface area (Å²) in [6, 6.07) is 0. The van der Waals surface area contributed by atoms with Crippen LogP contribution >= 0.6 is 11.6 Å². The highest BCUT2D eigenvalue weighted by Crippen LogP contribution is 2.43. The second-order valence-corrected chi connectivity index (χ2v) is 4.90. The van der Waals surface area contributed by atoms with Gasteiger partial charge in [-0.25, -0.2) is 0 Å². The molecular weight excluding hydrogens is 238 g/mol. The van der Waals surface area contributed by atoms with E-state index in [1.807, 2.05) is 0 Å². The SMILES string of the molecule is CCC1(CNc2nc(Cl)nc(NC)n2)CCC1. The highest BCUT2D eigenvalue weighted by Gasteiger charge is 2.34. The van der Waals surface area contributed by atoms with Crippen LogP contribution in [0.1, 0.15) is 32.6 Å². The van der Waals surface area contributed by atoms with E-state index in [1.165, 1.54) is 25.7 Å². The number of halogens is 1. The Kier molecular flexibility index (Phi) is 3.66. The lowest BCUT2D eigenvalue weighted by Crippen LogP contribution is -2.36. The van der Waals surface area contributed by atoms with E-state index < -0.39 is 0 Å². The molecule has 0 aliphatic heterocycles. The molecule has 2 N–H and O–H groups in total. The summed E-state index contributed by atoms with van der Waals surface area (Å²) >= 11 is 5.82. The smallest absolute Gasteiger partial charge is 0.228 e. The van der Waals surface area contributed by atoms with E-state index in [1.54, 1.807) is 7.05 Å². The molecule has 1 aliphatic rings. The fourth-order valence-corrected chi connectivity index (χ4v) is 2.30. The van der Waals surface area contributed by atoms with E-state index in [9.17, 15) is 0 Å². The van der Waals surface area contributed by atoms with Gasteiger partial charge in [0.1, 0.15) is 0 Å². The largest absolute Gasteiger partial charge is 0.357 e. The molecule has 0 bridgehead atoms. The van der Waals surface area contributed by atoms with E-state index in [0.717, 1.165) is 6.54 Å². The van der Waals surface area contributed by atoms with Crippen molar-refractivity contribution < 1.29 is 0 Å². The van der Waals surface area contributed by atoms with Gasteiger partial charge in [0.25, 0.3) is 0 Å². The molecule has 1 fully saturated rings. The third-order valence-electron chi connectivity index (χ3n) is 3.62. The van der Waals surface area contributed by atoms with Gasteiger partial charge in [0.2, 0.25) is 17.2 Å². The molecular formula is C11H18ClN5. The maximum atomic E-state index is 5.82. The lowest BCUT2D eigenvalue weighted by Gasteiger charge is -2.41. The van der Waals surface area contributed by atoms with Crippen molar-refractivity contribution >= 4 is 23.5 Å². The normalized spacial score (nSPS) is 17.4. The number of nitrogens with one attached hydrogen (secondary N) is 2. The fraction of sp³-hybridized carbons (Fsp3) is 0.727. The number of rotatable bonds is 5. The Hall–Kier alpha value is -1.10. The molecule has 0 aromatic carbocycles. The number of hydrogen-bond acceptors (Lipinski definition) is 5. The third kappa shape index (κ3) is 2.77. The summed E-state index contributed by atoms with van der Waals surface area (Å²) in [6.45, 7) is 3.15. The topological polar surface area (TPSA) is 62.7 Å². The van der Waals surface area contributed by atoms with E-state index in [-0.39, 0.29) is 5.28 Å². The predicted octanol–water partition coefficient (Wildman–Crippen LogP) is 2.56. The van der Waals surface area contributed by atoms with Gasteiger partial charge in [-0.05, 0) is 36.3 Å². The quantitative estimate of drug-likeness (QED) is 0.847. The Morgan fingerprint density at radius 1 is 1.24 bits per heavy atom. The third-order valence-corrected chi connectivity index (χ3v) is 3.79. The molecule has 0 saturated heterocycles. The molecule has 0 atom stereocenters. The molecule has 0 amide bonds. The first kappa shape index (κ1) is 12.4. The monoisotopic (exact) mass is 255 g/mol. The number of hydrogen-bond donors (Lipinski definition) is 2. The molecule has 1 aliphatic carbocycles. The summed E-state index contributed by atoms with van der Waals surface area (Å²) < 4.78 is 0. The fourth-order valence-electron chi connectivity index (χ4n) is 2.14. The van der Waals surface area contributed by atoms with Gasteiger partial charge in [-0.1, -0.05) is 13.3 Å². The van der Waals surface area contributed by atoms with Crippen molar-refractivity contribution in [2.75, 3.05) is 24.2 Å². The molecule has 17 heavy (non-hydrogen) atoms. The van der Waals surface area contributed by atoms with Gasteiger partial charge in [0, 0.05) is 13.6 Å². The zero-order chi connectivity index (χ0) is 12.3. The molecule has 1 saturated carbocycles. The van der Waals surface area contributed by atoms with Crippen LogP contribution in [0.2, 0.25) is 5.28 Å². The molecule has 0 unspecified atom stereocenters. The van der Waals surface area contributed by atoms with Crippen LogP contribution in [0.25, 0.3) is 0 Å². The molecule has 0 spiro atoms. The first-order chi connectivity index (χ1) is 8.17. The van der Waals surface area contributed by atoms with Gasteiger partial charge >= 0.3 is 0 Å². The minimum absolute atomic E-state index is 0.214. The van der Waals surface area contributed by atoms with E-state index >= 15 is 0 Å². The Morgan fingerprint density at radius 2 is 1.94 bits per heavy atom. The zero-order valence-corrected chi connectivity index (χ0v) is 11.0. The Morgan fingerprint density at radius 3 is 2.47 bits per heavy atom. The van der Waals surface area contributed by atoms with Gasteiger partial charge < -0.3 is 10.6 Å². The van der Waals surface area contributed by atoms with Gasteiger partial charge in [0.15, 0.2) is 0 Å². The van der Waals surface area contributed by atoms with E-state index in [0.29, 0.717) is 17.3 Å². The summed E-state index contributed by atoms with van der Waals surface area (Å²) in [4.78, 5) is 12.2. The molecule has 5 nitrogen and oxygen atoms in total. The van der Waals surface area contributed by atoms with Crippen LogP contribution in [-0.2, 0) is 0 Å². The van der Waals surface area contributed by atoms with Crippen molar-refractivity contribution in [3.05, 3.63) is 5.28 Å². The molecule has 0 radical (unpaired) electrons. The standard InChI is InChI=1S/C11H18ClN5/c1-3-11(5-4-6-11)7-14-10-16-8(12)15-9(13-2)17-10/h3-7H2,1-2H3,(H2,13,14,15,16,17). The second kappa shape index (κ2) is 5.04. The summed E-state index contributed by atoms with van der Waals surface area (Å²) in [6.07, 6.45) is 5.09. The van der Waals surface area contributed by atoms with Gasteiger partial charge in [0.05, 0.1) is 0 Å². The van der Waals surface area contributed by atoms with Gasteiger partial charge in [-0.2, -0.15) is 15.0 Å². The van der Waals surface area contributed by atoms with Crippen LogP contribution in [0.15, 0.2) is 0 Å². The van der Waals surface area contributed by atoms with Crippen LogP contribution < -0.4 is 10.6 Å². The highest BCUT2D eigenvalue weighted by molar-refractivity contribution is 6.28. The van der Waals surface area contributed by atoms with Gasteiger partial charge in [-0.3, -0.25) is 0 Å². The summed E-state index contributed by atoms with van der Waals surface area (Å²) in [7, 11) is 1.76. The minimum atomic E-state index is 0.214. The predicted molar refractivity (Wildman–Crippen MR) is 69.4 cm³/mol. The first-order valence-electron chi connectivity index (χ1n) is 6.01. The molecule has 1 aromatic heterocycles. The zero-order valence-electron chi connectivity index (χ0n) is 10.3. The summed E-state index contributed by atoms with van der Waals surface area (Å²) in [5, 5.41) is 6.34. The van der Waals surface area contributed by atoms with Crippen molar-refractivity contribution in [2.24, 2.45) is 5.41 Å². The van der Waals surface area contributed by atoms with Crippen molar-refractivity contribution in [2.45, 2.75) is 32.6 Å². The highest BCUT2D eigenvalue weighted by atomic mass is 35.5. The number of aromatic nitrogens is 3. The Labute approximate surface area is 106 Å². The van der Waals surface area contributed by atoms with Crippen LogP contribution in [0, 0.1) is 5.41 Å². The minimum Gasteiger partial charge on any atom is -0.357 e. The average molecular weight is 256 g/mol. The van der Waals surface area contributed by atoms with Crippen LogP contribution in [-0.4, -0.2) is 28.5 Å². The first-order valence-corrected chi connectivity index (χ1v) is 6.38. The molecule has 1 aromatic rings. The van der Waals surface area contributed by atoms with Gasteiger partial charge in [-0.15, -0.1) is 0 Å². The summed E-state index contributed by atoms with van der Waals surface area (Å²) in [5.41, 5.74) is 0.429. The lowest BCUT2D eigenvalue weighted by molar-refractivity contribution is 0.144. The van der Waals surface area contributed by atoms with E-state index in [2.05, 4.69) is 32.5 Å². The molecule has 94 valence electrons. The molecule has 6 heteroatoms. The molecule has 2 rings (SSSR count). The van der Waals surface area contributed by atoms with Crippen LogP contribution in [0.5, 0.6) is 0 Å². The van der Waals surface area contributed by atoms with Crippen molar-refractivity contribution in [3.8, 4) is 0 Å². The Bertz CT molecular complexity index is 386. The summed E-state index contributed by atoms with van der Waals surface area (Å²) in [5.74, 6) is 1.04. The lowest BCUT2D eigenvalue weighted by atomic mass is 9.67. The van der Waals surface area contributed by atoms with Crippen LogP contribution in [0.4, 0.5) is 11.9 Å². The maximum Gasteiger partial charge on any atom is 0.228 e. The van der Waals surface area contributed by atoms with E-state index in [4.69, 9.17) is 11.6 Å². The van der Waals surface area contributed by atoms with Crippen LogP contribution in [0.3, 0.4) is 0 Å². The van der Waals surface area contributed by atoms with Crippen molar-refractivity contribution in [1.82, 2.24) is 15.0 Å². The average Bonchev–Trinajstić information content (AvgIpc) is 2.27. The number of anilines is 2. The van der Waals surface area contributed by atoms with Crippen molar-refractivity contribution in [3.63, 3.8) is 0 Å². The van der Waals surface area contributed by atoms with Crippen molar-refractivity contribution in [1.29, 1.82) is 0 Å². The molecule has 1 heterocycles.